The molecule has 1 N–H and O–H groups in total. The molecule has 0 saturated heterocycles. The van der Waals surface area contributed by atoms with E-state index in [-0.39, 0.29) is 0 Å². The summed E-state index contributed by atoms with van der Waals surface area (Å²) in [5.41, 5.74) is 0. The van der Waals surface area contributed by atoms with E-state index in [1.807, 2.05) is 0 Å². The van der Waals surface area contributed by atoms with E-state index in [0.29, 0.717) is 0 Å². The van der Waals surface area contributed by atoms with Crippen molar-refractivity contribution in [3.63, 3.8) is 0 Å². The highest BCUT2D eigenvalue weighted by atomic mass is 28.4. The van der Waals surface area contributed by atoms with Gasteiger partial charge in [-0.1, -0.05) is 33.6 Å². The average Bonchev–Trinajstić information content (AvgIpc) is 2.55. The van der Waals surface area contributed by atoms with Crippen LogP contribution in [0.2, 0.25) is 12.1 Å². The summed E-state index contributed by atoms with van der Waals surface area (Å²) >= 11 is 0. The lowest BCUT2D eigenvalue weighted by Crippen LogP contribution is -2.43. The first-order chi connectivity index (χ1) is 10.7. The molecule has 0 saturated carbocycles. The van der Waals surface area contributed by atoms with E-state index >= 15 is 0 Å². The van der Waals surface area contributed by atoms with Gasteiger partial charge in [0, 0.05) is 26.9 Å². The summed E-state index contributed by atoms with van der Waals surface area (Å²) in [5.74, 6) is 0. The molecule has 0 fully saturated rings. The van der Waals surface area contributed by atoms with Gasteiger partial charge in [-0.15, -0.1) is 0 Å². The van der Waals surface area contributed by atoms with Gasteiger partial charge < -0.3 is 18.9 Å². The first-order valence-electron chi connectivity index (χ1n) is 9.22. The van der Waals surface area contributed by atoms with Gasteiger partial charge in [0.15, 0.2) is 0 Å². The van der Waals surface area contributed by atoms with Crippen molar-refractivity contribution in [1.82, 2.24) is 5.32 Å². The second-order valence-corrected chi connectivity index (χ2v) is 9.31. The van der Waals surface area contributed by atoms with Crippen LogP contribution in [-0.4, -0.2) is 48.6 Å². The van der Waals surface area contributed by atoms with Gasteiger partial charge in [0.05, 0.1) is 0 Å². The maximum atomic E-state index is 6.30. The Labute approximate surface area is 139 Å². The summed E-state index contributed by atoms with van der Waals surface area (Å²) in [6.45, 7) is 11.2. The maximum absolute atomic E-state index is 6.30. The third-order valence-electron chi connectivity index (χ3n) is 3.66. The van der Waals surface area contributed by atoms with E-state index in [2.05, 4.69) is 26.1 Å². The number of hydrogen-bond acceptors (Lipinski definition) is 4. The van der Waals surface area contributed by atoms with Crippen LogP contribution in [0.15, 0.2) is 0 Å². The van der Waals surface area contributed by atoms with Crippen LogP contribution in [0.3, 0.4) is 0 Å². The van der Waals surface area contributed by atoms with Gasteiger partial charge in [-0.2, -0.15) is 0 Å². The third kappa shape index (κ3) is 11.6. The molecule has 4 nitrogen and oxygen atoms in total. The summed E-state index contributed by atoms with van der Waals surface area (Å²) in [6.07, 6.45) is 6.82. The van der Waals surface area contributed by atoms with Gasteiger partial charge in [0.25, 0.3) is 0 Å². The number of nitrogens with one attached hydrogen (secondary N) is 1. The van der Waals surface area contributed by atoms with E-state index < -0.39 is 8.56 Å². The molecule has 134 valence electrons. The Balaban J connectivity index is 4.21. The minimum atomic E-state index is -2.00. The van der Waals surface area contributed by atoms with Crippen LogP contribution in [0, 0.1) is 0 Å². The molecule has 0 heterocycles. The van der Waals surface area contributed by atoms with Crippen molar-refractivity contribution in [1.29, 1.82) is 0 Å². The molecule has 0 bridgehead atoms. The monoisotopic (exact) mass is 333 g/mol. The van der Waals surface area contributed by atoms with Gasteiger partial charge in [-0.25, -0.2) is 0 Å². The molecule has 0 aliphatic heterocycles. The highest BCUT2D eigenvalue weighted by Gasteiger charge is 2.36. The van der Waals surface area contributed by atoms with E-state index in [0.717, 1.165) is 70.7 Å². The molecule has 22 heavy (non-hydrogen) atoms. The van der Waals surface area contributed by atoms with Gasteiger partial charge in [0.2, 0.25) is 0 Å². The van der Waals surface area contributed by atoms with Crippen LogP contribution in [0.1, 0.15) is 59.3 Å². The lowest BCUT2D eigenvalue weighted by molar-refractivity contribution is 0.165. The summed E-state index contributed by atoms with van der Waals surface area (Å²) in [5, 5.41) is 3.49. The number of rotatable bonds is 17. The van der Waals surface area contributed by atoms with E-state index in [1.54, 1.807) is 7.11 Å². The SMILES string of the molecule is CCCC[Si](CCCNCCCOC)(OCCC)OCCC. The van der Waals surface area contributed by atoms with Crippen molar-refractivity contribution in [2.75, 3.05) is 40.0 Å². The zero-order valence-corrected chi connectivity index (χ0v) is 16.4. The zero-order valence-electron chi connectivity index (χ0n) is 15.4. The Hall–Kier alpha value is 0.0569. The van der Waals surface area contributed by atoms with Crippen molar-refractivity contribution in [3.8, 4) is 0 Å². The Morgan fingerprint density at radius 3 is 1.86 bits per heavy atom. The number of methoxy groups -OCH3 is 1. The summed E-state index contributed by atoms with van der Waals surface area (Å²) in [7, 11) is -0.245. The topological polar surface area (TPSA) is 39.7 Å². The lowest BCUT2D eigenvalue weighted by atomic mass is 10.4. The summed E-state index contributed by atoms with van der Waals surface area (Å²) in [6, 6.07) is 2.26. The van der Waals surface area contributed by atoms with Crippen molar-refractivity contribution in [3.05, 3.63) is 0 Å². The fourth-order valence-electron chi connectivity index (χ4n) is 2.43. The minimum Gasteiger partial charge on any atom is -0.394 e. The molecule has 0 aliphatic carbocycles. The minimum absolute atomic E-state index is 0.835. The Morgan fingerprint density at radius 2 is 1.32 bits per heavy atom. The van der Waals surface area contributed by atoms with Gasteiger partial charge >= 0.3 is 8.56 Å². The molecular formula is C17H39NO3Si. The largest absolute Gasteiger partial charge is 0.394 e. The molecular weight excluding hydrogens is 294 g/mol. The van der Waals surface area contributed by atoms with Crippen molar-refractivity contribution in [2.24, 2.45) is 0 Å². The van der Waals surface area contributed by atoms with Crippen LogP contribution in [-0.2, 0) is 13.6 Å². The molecule has 5 heteroatoms. The molecule has 0 spiro atoms. The van der Waals surface area contributed by atoms with Crippen molar-refractivity contribution in [2.45, 2.75) is 71.4 Å². The number of unbranched alkanes of at least 4 members (excludes halogenated alkanes) is 1. The van der Waals surface area contributed by atoms with Gasteiger partial charge in [-0.05, 0) is 50.9 Å². The molecule has 0 radical (unpaired) electrons. The van der Waals surface area contributed by atoms with Gasteiger partial charge in [0.1, 0.15) is 0 Å². The van der Waals surface area contributed by atoms with Crippen LogP contribution in [0.5, 0.6) is 0 Å². The highest BCUT2D eigenvalue weighted by molar-refractivity contribution is 6.67. The second kappa shape index (κ2) is 15.9. The standard InChI is InChI=1S/C17H39NO3Si/c1-5-8-16-22(20-13-6-2,21-14-7-3)17-10-12-18-11-9-15-19-4/h18H,5-17H2,1-4H3. The van der Waals surface area contributed by atoms with Crippen LogP contribution in [0.4, 0.5) is 0 Å². The summed E-state index contributed by atoms with van der Waals surface area (Å²) in [4.78, 5) is 0. The Kier molecular flexibility index (Phi) is 16.0. The third-order valence-corrected chi connectivity index (χ3v) is 7.35. The van der Waals surface area contributed by atoms with Crippen LogP contribution in [0.25, 0.3) is 0 Å². The highest BCUT2D eigenvalue weighted by Crippen LogP contribution is 2.24. The predicted octanol–water partition coefficient (Wildman–Crippen LogP) is 4.10. The fourth-order valence-corrected chi connectivity index (χ4v) is 6.10. The molecule has 0 aromatic carbocycles. The molecule has 0 atom stereocenters. The Morgan fingerprint density at radius 1 is 0.727 bits per heavy atom. The van der Waals surface area contributed by atoms with E-state index in [4.69, 9.17) is 13.6 Å². The van der Waals surface area contributed by atoms with Crippen molar-refractivity contribution >= 4 is 8.56 Å². The maximum Gasteiger partial charge on any atom is 0.338 e. The molecule has 0 aromatic heterocycles. The first kappa shape index (κ1) is 22.1. The van der Waals surface area contributed by atoms with Crippen LogP contribution < -0.4 is 5.32 Å². The second-order valence-electron chi connectivity index (χ2n) is 5.91. The van der Waals surface area contributed by atoms with Crippen molar-refractivity contribution < 1.29 is 13.6 Å². The Bertz CT molecular complexity index is 208. The van der Waals surface area contributed by atoms with Crippen LogP contribution >= 0.6 is 0 Å². The fraction of sp³-hybridized carbons (Fsp3) is 1.00. The molecule has 0 aliphatic rings. The van der Waals surface area contributed by atoms with E-state index in [1.165, 1.54) is 12.8 Å². The normalized spacial score (nSPS) is 12.0. The zero-order chi connectivity index (χ0) is 16.5. The predicted molar refractivity (Wildman–Crippen MR) is 96.7 cm³/mol. The lowest BCUT2D eigenvalue weighted by Gasteiger charge is -2.31. The molecule has 0 amide bonds. The number of hydrogen-bond donors (Lipinski definition) is 1. The first-order valence-corrected chi connectivity index (χ1v) is 11.4. The molecule has 0 rings (SSSR count). The van der Waals surface area contributed by atoms with E-state index in [9.17, 15) is 0 Å². The average molecular weight is 334 g/mol. The quantitative estimate of drug-likeness (QED) is 0.321. The summed E-state index contributed by atoms with van der Waals surface area (Å²) < 4.78 is 17.7. The van der Waals surface area contributed by atoms with Gasteiger partial charge in [-0.3, -0.25) is 0 Å². The molecule has 0 unspecified atom stereocenters. The number of ether oxygens (including phenoxy) is 1. The molecule has 0 aromatic rings. The smallest absolute Gasteiger partial charge is 0.338 e.